The number of esters is 1. The van der Waals surface area contributed by atoms with Gasteiger partial charge in [-0.3, -0.25) is 29.8 Å². The van der Waals surface area contributed by atoms with E-state index in [2.05, 4.69) is 15.8 Å². The average Bonchev–Trinajstić information content (AvgIpc) is 2.93. The normalized spacial score (nSPS) is 10.8. The van der Waals surface area contributed by atoms with E-state index < -0.39 is 21.7 Å². The summed E-state index contributed by atoms with van der Waals surface area (Å²) in [5, 5.41) is 28.6. The average molecular weight is 531 g/mol. The molecule has 39 heavy (non-hydrogen) atoms. The molecule has 0 spiro atoms. The monoisotopic (exact) mass is 531 g/mol. The highest BCUT2D eigenvalue weighted by Gasteiger charge is 2.13. The lowest BCUT2D eigenvalue weighted by Gasteiger charge is -2.06. The van der Waals surface area contributed by atoms with E-state index >= 15 is 0 Å². The Morgan fingerprint density at radius 2 is 1.64 bits per heavy atom. The summed E-state index contributed by atoms with van der Waals surface area (Å²) in [6.45, 7) is 1.71. The molecule has 0 atom stereocenters. The van der Waals surface area contributed by atoms with E-state index in [-0.39, 0.29) is 34.2 Å². The number of hydrazone groups is 1. The predicted octanol–water partition coefficient (Wildman–Crippen LogP) is 4.23. The number of carbonyl (C=O) groups is 3. The van der Waals surface area contributed by atoms with Crippen LogP contribution in [0.5, 0.6) is 5.75 Å². The molecular weight excluding hydrogens is 510 g/mol. The number of anilines is 1. The summed E-state index contributed by atoms with van der Waals surface area (Å²) < 4.78 is 5.26. The molecule has 3 rings (SSSR count). The van der Waals surface area contributed by atoms with Crippen molar-refractivity contribution >= 4 is 47.1 Å². The third-order valence-electron chi connectivity index (χ3n) is 5.03. The number of benzene rings is 3. The summed E-state index contributed by atoms with van der Waals surface area (Å²) in [6, 6.07) is 15.1. The van der Waals surface area contributed by atoms with Crippen LogP contribution in [0.4, 0.5) is 17.1 Å². The molecule has 0 radical (unpaired) electrons. The molecule has 0 unspecified atom stereocenters. The lowest BCUT2D eigenvalue weighted by Crippen LogP contribution is -2.18. The highest BCUT2D eigenvalue weighted by atomic mass is 16.6. The lowest BCUT2D eigenvalue weighted by atomic mass is 10.2. The minimum atomic E-state index is -0.857. The third-order valence-corrected chi connectivity index (χ3v) is 5.03. The van der Waals surface area contributed by atoms with Gasteiger partial charge in [-0.2, -0.15) is 5.10 Å². The van der Waals surface area contributed by atoms with Crippen molar-refractivity contribution in [2.75, 3.05) is 5.32 Å². The smallest absolute Gasteiger partial charge is 0.336 e. The van der Waals surface area contributed by atoms with E-state index in [0.29, 0.717) is 17.7 Å². The number of non-ortho nitro benzene ring substituents is 2. The first kappa shape index (κ1) is 27.9. The van der Waals surface area contributed by atoms with Gasteiger partial charge < -0.3 is 10.1 Å². The zero-order chi connectivity index (χ0) is 28.4. The van der Waals surface area contributed by atoms with Crippen LogP contribution in [0.1, 0.15) is 34.8 Å². The first-order valence-corrected chi connectivity index (χ1v) is 11.3. The summed E-state index contributed by atoms with van der Waals surface area (Å²) in [5.74, 6) is -1.71. The van der Waals surface area contributed by atoms with Crippen LogP contribution in [0.15, 0.2) is 77.9 Å². The van der Waals surface area contributed by atoms with Crippen molar-refractivity contribution in [3.8, 4) is 5.75 Å². The van der Waals surface area contributed by atoms with Gasteiger partial charge in [-0.15, -0.1) is 0 Å². The van der Waals surface area contributed by atoms with E-state index in [0.717, 1.165) is 24.4 Å². The number of nitrogens with one attached hydrogen (secondary N) is 2. The second kappa shape index (κ2) is 13.0. The molecule has 3 aromatic carbocycles. The van der Waals surface area contributed by atoms with Gasteiger partial charge in [0.25, 0.3) is 17.3 Å². The molecule has 0 aliphatic heterocycles. The van der Waals surface area contributed by atoms with E-state index in [1.807, 2.05) is 0 Å². The van der Waals surface area contributed by atoms with E-state index in [4.69, 9.17) is 4.74 Å². The van der Waals surface area contributed by atoms with Gasteiger partial charge in [-0.1, -0.05) is 19.1 Å². The number of hydrogen-bond acceptors (Lipinski definition) is 9. The van der Waals surface area contributed by atoms with Gasteiger partial charge in [-0.05, 0) is 42.0 Å². The molecule has 2 N–H and O–H groups in total. The Kier molecular flexibility index (Phi) is 9.29. The molecule has 0 saturated carbocycles. The van der Waals surface area contributed by atoms with Crippen LogP contribution in [0.25, 0.3) is 6.08 Å². The molecular formula is C26H21N5O8. The van der Waals surface area contributed by atoms with Gasteiger partial charge in [0.15, 0.2) is 0 Å². The van der Waals surface area contributed by atoms with Crippen molar-refractivity contribution in [3.05, 3.63) is 110 Å². The SMILES string of the molecule is CCC(=O)Nc1ccc(C(=O)N/N=C/c2cc([N+](=O)[O-])ccc2OC(=O)/C=C/c2cccc([N+](=O)[O-])c2)cc1. The second-order valence-electron chi connectivity index (χ2n) is 7.76. The Bertz CT molecular complexity index is 1480. The van der Waals surface area contributed by atoms with Crippen LogP contribution in [-0.2, 0) is 9.59 Å². The number of rotatable bonds is 10. The predicted molar refractivity (Wildman–Crippen MR) is 141 cm³/mol. The summed E-state index contributed by atoms with van der Waals surface area (Å²) in [4.78, 5) is 57.1. The van der Waals surface area contributed by atoms with Crippen molar-refractivity contribution in [3.63, 3.8) is 0 Å². The molecule has 0 aliphatic rings. The van der Waals surface area contributed by atoms with Crippen LogP contribution in [0, 0.1) is 20.2 Å². The summed E-state index contributed by atoms with van der Waals surface area (Å²) in [7, 11) is 0. The summed E-state index contributed by atoms with van der Waals surface area (Å²) >= 11 is 0. The molecule has 0 bridgehead atoms. The maximum atomic E-state index is 12.4. The summed E-state index contributed by atoms with van der Waals surface area (Å²) in [5.41, 5.74) is 2.98. The van der Waals surface area contributed by atoms with Crippen molar-refractivity contribution in [2.24, 2.45) is 5.10 Å². The van der Waals surface area contributed by atoms with Crippen molar-refractivity contribution in [1.29, 1.82) is 0 Å². The third kappa shape index (κ3) is 8.15. The Labute approximate surface area is 221 Å². The van der Waals surface area contributed by atoms with Crippen molar-refractivity contribution in [2.45, 2.75) is 13.3 Å². The topological polar surface area (TPSA) is 183 Å². The first-order valence-electron chi connectivity index (χ1n) is 11.3. The van der Waals surface area contributed by atoms with Crippen molar-refractivity contribution in [1.82, 2.24) is 5.43 Å². The molecule has 198 valence electrons. The van der Waals surface area contributed by atoms with Crippen LogP contribution >= 0.6 is 0 Å². The largest absolute Gasteiger partial charge is 0.423 e. The fraction of sp³-hybridized carbons (Fsp3) is 0.0769. The van der Waals surface area contributed by atoms with Gasteiger partial charge in [-0.25, -0.2) is 10.2 Å². The number of nitro groups is 2. The van der Waals surface area contributed by atoms with Crippen LogP contribution < -0.4 is 15.5 Å². The molecule has 0 aromatic heterocycles. The Balaban J connectivity index is 1.72. The number of hydrogen-bond donors (Lipinski definition) is 2. The molecule has 0 fully saturated rings. The Morgan fingerprint density at radius 3 is 2.31 bits per heavy atom. The van der Waals surface area contributed by atoms with Gasteiger partial charge in [0.1, 0.15) is 5.75 Å². The minimum Gasteiger partial charge on any atom is -0.423 e. The van der Waals surface area contributed by atoms with E-state index in [1.54, 1.807) is 25.1 Å². The van der Waals surface area contributed by atoms with Gasteiger partial charge in [0.05, 0.1) is 16.1 Å². The van der Waals surface area contributed by atoms with Crippen molar-refractivity contribution < 1.29 is 29.0 Å². The number of nitrogens with zero attached hydrogens (tertiary/aromatic N) is 3. The highest BCUT2D eigenvalue weighted by molar-refractivity contribution is 5.97. The number of amides is 2. The fourth-order valence-corrected chi connectivity index (χ4v) is 3.07. The molecule has 13 heteroatoms. The van der Waals surface area contributed by atoms with Crippen LogP contribution in [0.3, 0.4) is 0 Å². The highest BCUT2D eigenvalue weighted by Crippen LogP contribution is 2.23. The molecule has 0 saturated heterocycles. The Morgan fingerprint density at radius 1 is 0.949 bits per heavy atom. The fourth-order valence-electron chi connectivity index (χ4n) is 3.07. The molecule has 13 nitrogen and oxygen atoms in total. The summed E-state index contributed by atoms with van der Waals surface area (Å²) in [6.07, 6.45) is 3.73. The maximum absolute atomic E-state index is 12.4. The standard InChI is InChI=1S/C26H21N5O8/c1-2-24(32)28-20-9-7-18(8-10-20)26(34)29-27-16-19-15-22(31(37)38)11-12-23(19)39-25(33)13-6-17-4-3-5-21(14-17)30(35)36/h3-16H,2H2,1H3,(H,28,32)(H,29,34)/b13-6+,27-16+. The number of nitro benzene ring substituents is 2. The second-order valence-corrected chi connectivity index (χ2v) is 7.76. The van der Waals surface area contributed by atoms with Gasteiger partial charge in [0, 0.05) is 53.6 Å². The zero-order valence-corrected chi connectivity index (χ0v) is 20.4. The van der Waals surface area contributed by atoms with E-state index in [1.165, 1.54) is 42.5 Å². The zero-order valence-electron chi connectivity index (χ0n) is 20.4. The molecule has 2 amide bonds. The number of ether oxygens (including phenoxy) is 1. The maximum Gasteiger partial charge on any atom is 0.336 e. The lowest BCUT2D eigenvalue weighted by molar-refractivity contribution is -0.385. The van der Waals surface area contributed by atoms with Gasteiger partial charge in [0.2, 0.25) is 5.91 Å². The van der Waals surface area contributed by atoms with Crippen LogP contribution in [-0.4, -0.2) is 33.8 Å². The quantitative estimate of drug-likeness (QED) is 0.0972. The minimum absolute atomic E-state index is 0.0271. The van der Waals surface area contributed by atoms with Crippen LogP contribution in [0.2, 0.25) is 0 Å². The molecule has 3 aromatic rings. The Hall–Kier alpha value is -5.72. The van der Waals surface area contributed by atoms with E-state index in [9.17, 15) is 34.6 Å². The van der Waals surface area contributed by atoms with Gasteiger partial charge >= 0.3 is 5.97 Å². The number of carbonyl (C=O) groups excluding carboxylic acids is 3. The first-order chi connectivity index (χ1) is 18.7. The molecule has 0 heterocycles. The molecule has 0 aliphatic carbocycles.